The molecule has 316 valence electrons. The lowest BCUT2D eigenvalue weighted by molar-refractivity contribution is -0.213. The molecule has 9 aliphatic rings. The summed E-state index contributed by atoms with van der Waals surface area (Å²) in [4.78, 5) is 15.3. The van der Waals surface area contributed by atoms with Gasteiger partial charge < -0.3 is 51.7 Å². The van der Waals surface area contributed by atoms with Crippen LogP contribution in [0.25, 0.3) is 0 Å². The van der Waals surface area contributed by atoms with Crippen LogP contribution in [0.1, 0.15) is 105 Å². The van der Waals surface area contributed by atoms with Gasteiger partial charge in [-0.2, -0.15) is 0 Å². The number of carbonyl (C=O) groups is 1. The predicted octanol–water partition coefficient (Wildman–Crippen LogP) is 3.64. The molecular weight excluding hydrogens is 723 g/mol. The molecule has 2 heterocycles. The maximum Gasteiger partial charge on any atom is 0.182 e. The molecular formula is C46H69N3O8. The first-order chi connectivity index (χ1) is 26.9. The lowest BCUT2D eigenvalue weighted by Gasteiger charge is -2.71. The van der Waals surface area contributed by atoms with Crippen molar-refractivity contribution >= 4 is 5.78 Å². The fourth-order valence-electron chi connectivity index (χ4n) is 14.1. The number of rotatable bonds is 12. The van der Waals surface area contributed by atoms with Crippen LogP contribution in [0.15, 0.2) is 59.5 Å². The van der Waals surface area contributed by atoms with Crippen LogP contribution in [0.4, 0.5) is 0 Å². The Labute approximate surface area is 338 Å². The zero-order valence-corrected chi connectivity index (χ0v) is 34.7. The monoisotopic (exact) mass is 792 g/mol. The van der Waals surface area contributed by atoms with E-state index in [0.717, 1.165) is 18.4 Å². The van der Waals surface area contributed by atoms with Crippen LogP contribution in [0.2, 0.25) is 0 Å². The van der Waals surface area contributed by atoms with E-state index in [1.54, 1.807) is 13.8 Å². The SMILES string of the molecule is CCCCCC[C@@H]1CO[C@@H]([C@@H](O)[C@](C)(O)[C@H]2CC[C@@]3(O)C4=C(NC[C@H](C)O)C(=O)[C@@H]5C[C@@H](O)[C@@H](O)C[C@@]56C[C@@]5(C7=CNC(N)C=C7)C=C[C@@H](C[C@]23C)[C@@]46C=C5)[C@H]1C. The molecule has 4 fully saturated rings. The number of hydrogen-bond acceptors (Lipinski definition) is 11. The Kier molecular flexibility index (Phi) is 10.5. The fraction of sp³-hybridized carbons (Fsp3) is 0.761. The number of carbonyl (C=O) groups excluding carboxylic acids is 1. The van der Waals surface area contributed by atoms with Gasteiger partial charge in [-0.1, -0.05) is 76.8 Å². The summed E-state index contributed by atoms with van der Waals surface area (Å²) in [6.45, 7) is 10.3. The summed E-state index contributed by atoms with van der Waals surface area (Å²) < 4.78 is 6.33. The van der Waals surface area contributed by atoms with Gasteiger partial charge in [0.05, 0.1) is 54.1 Å². The summed E-state index contributed by atoms with van der Waals surface area (Å²) in [5.74, 6) is -1.43. The Morgan fingerprint density at radius 3 is 2.58 bits per heavy atom. The minimum Gasteiger partial charge on any atom is -0.392 e. The van der Waals surface area contributed by atoms with Gasteiger partial charge in [-0.05, 0) is 105 Å². The van der Waals surface area contributed by atoms with E-state index in [1.807, 2.05) is 25.3 Å². The smallest absolute Gasteiger partial charge is 0.182 e. The lowest BCUT2D eigenvalue weighted by atomic mass is 9.33. The average Bonchev–Trinajstić information content (AvgIpc) is 3.57. The van der Waals surface area contributed by atoms with E-state index in [-0.39, 0.29) is 55.3 Å². The van der Waals surface area contributed by atoms with E-state index in [9.17, 15) is 30.6 Å². The molecule has 17 atom stereocenters. The number of nitrogens with two attached hydrogens (primary N) is 1. The second kappa shape index (κ2) is 14.4. The number of hydrogen-bond donors (Lipinski definition) is 9. The zero-order chi connectivity index (χ0) is 40.9. The quantitative estimate of drug-likeness (QED) is 0.103. The standard InChI is InChI=1S/C46H69N3O8/c1-6-7-8-9-10-28-24-57-38(27(28)3)40(54)42(5,55)34-14-16-46(56)39-36(49-22-26(2)50)37(53)31-19-32(51)33(52)21-44(31)25-43(30-11-12-35(47)48-23-30)15-13-29(20-41(34,46)4)45(39,44)18-17-43/h11-13,15,17-18,23,26-29,31-35,38,40,48-52,54-56H,6-10,14,16,19-22,24-25,47H2,1-5H3/t26-,27-,28+,29-,31-,32+,33-,34-,35?,38+,40+,41+,42+,43+,44+,45-,46+/m0/s1. The first kappa shape index (κ1) is 41.4. The molecule has 2 aliphatic heterocycles. The molecule has 1 saturated heterocycles. The molecule has 9 rings (SSSR count). The number of allylic oxidation sites excluding steroid dienone is 7. The topological polar surface area (TPSA) is 198 Å². The molecule has 11 heteroatoms. The number of aliphatic hydroxyl groups is 6. The number of nitrogens with one attached hydrogen (secondary N) is 2. The van der Waals surface area contributed by atoms with Crippen LogP contribution in [-0.4, -0.2) is 97.5 Å². The lowest BCUT2D eigenvalue weighted by Crippen LogP contribution is -2.72. The molecule has 2 spiro atoms. The molecule has 57 heavy (non-hydrogen) atoms. The second-order valence-corrected chi connectivity index (χ2v) is 20.2. The van der Waals surface area contributed by atoms with Crippen molar-refractivity contribution in [2.24, 2.45) is 57.0 Å². The molecule has 3 saturated carbocycles. The first-order valence-corrected chi connectivity index (χ1v) is 22.0. The Morgan fingerprint density at radius 1 is 1.11 bits per heavy atom. The molecule has 0 aromatic carbocycles. The number of fused-ring (bicyclic) bond motifs is 2. The Hall–Kier alpha value is -2.35. The third-order valence-electron chi connectivity index (χ3n) is 17.1. The van der Waals surface area contributed by atoms with Crippen LogP contribution >= 0.6 is 0 Å². The van der Waals surface area contributed by atoms with E-state index >= 15 is 4.79 Å². The fourth-order valence-corrected chi connectivity index (χ4v) is 14.1. The predicted molar refractivity (Wildman–Crippen MR) is 217 cm³/mol. The van der Waals surface area contributed by atoms with Crippen molar-refractivity contribution in [1.82, 2.24) is 10.6 Å². The van der Waals surface area contributed by atoms with Gasteiger partial charge in [-0.3, -0.25) is 4.79 Å². The molecule has 1 unspecified atom stereocenters. The highest BCUT2D eigenvalue weighted by atomic mass is 16.5. The van der Waals surface area contributed by atoms with Crippen molar-refractivity contribution in [2.45, 2.75) is 153 Å². The van der Waals surface area contributed by atoms with Crippen molar-refractivity contribution < 1.29 is 40.2 Å². The zero-order valence-electron chi connectivity index (χ0n) is 34.7. The Balaban J connectivity index is 1.26. The van der Waals surface area contributed by atoms with Crippen molar-refractivity contribution in [3.63, 3.8) is 0 Å². The number of unbranched alkanes of at least 4 members (excludes halogenated alkanes) is 3. The summed E-state index contributed by atoms with van der Waals surface area (Å²) in [6.07, 6.45) is 17.1. The third kappa shape index (κ3) is 5.83. The van der Waals surface area contributed by atoms with Crippen LogP contribution in [0.5, 0.6) is 0 Å². The van der Waals surface area contributed by atoms with Gasteiger partial charge in [0.1, 0.15) is 6.10 Å². The number of dihydropyridines is 1. The number of Topliss-reactive ketones (excluding diaryl/α,β-unsaturated/α-hetero) is 1. The van der Waals surface area contributed by atoms with Crippen molar-refractivity contribution in [3.05, 3.63) is 59.5 Å². The van der Waals surface area contributed by atoms with Crippen LogP contribution in [0.3, 0.4) is 0 Å². The highest BCUT2D eigenvalue weighted by Gasteiger charge is 2.79. The van der Waals surface area contributed by atoms with E-state index in [1.165, 1.54) is 19.3 Å². The summed E-state index contributed by atoms with van der Waals surface area (Å²) >= 11 is 0. The second-order valence-electron chi connectivity index (χ2n) is 20.2. The van der Waals surface area contributed by atoms with Gasteiger partial charge in [0, 0.05) is 34.9 Å². The van der Waals surface area contributed by atoms with Crippen LogP contribution in [0, 0.1) is 51.2 Å². The summed E-state index contributed by atoms with van der Waals surface area (Å²) in [5.41, 5.74) is 1.19. The molecule has 2 bridgehead atoms. The first-order valence-electron chi connectivity index (χ1n) is 22.0. The average molecular weight is 792 g/mol. The Bertz CT molecular complexity index is 1760. The molecule has 7 aliphatic carbocycles. The maximum absolute atomic E-state index is 15.3. The molecule has 0 amide bonds. The summed E-state index contributed by atoms with van der Waals surface area (Å²) in [6, 6.07) is 0. The third-order valence-corrected chi connectivity index (χ3v) is 17.1. The van der Waals surface area contributed by atoms with E-state index in [2.05, 4.69) is 48.8 Å². The summed E-state index contributed by atoms with van der Waals surface area (Å²) in [5, 5.41) is 78.9. The molecule has 0 aromatic heterocycles. The minimum absolute atomic E-state index is 0.0457. The highest BCUT2D eigenvalue weighted by Crippen LogP contribution is 2.80. The van der Waals surface area contributed by atoms with Crippen molar-refractivity contribution in [3.8, 4) is 0 Å². The van der Waals surface area contributed by atoms with E-state index in [4.69, 9.17) is 10.5 Å². The maximum atomic E-state index is 15.3. The molecule has 10 N–H and O–H groups in total. The largest absolute Gasteiger partial charge is 0.392 e. The number of aliphatic hydroxyl groups excluding tert-OH is 4. The number of ketones is 1. The highest BCUT2D eigenvalue weighted by molar-refractivity contribution is 6.01. The van der Waals surface area contributed by atoms with E-state index in [0.29, 0.717) is 37.4 Å². The molecule has 0 radical (unpaired) electrons. The van der Waals surface area contributed by atoms with Crippen molar-refractivity contribution in [1.29, 1.82) is 0 Å². The summed E-state index contributed by atoms with van der Waals surface area (Å²) in [7, 11) is 0. The van der Waals surface area contributed by atoms with Gasteiger partial charge in [-0.15, -0.1) is 0 Å². The molecule has 0 aromatic rings. The van der Waals surface area contributed by atoms with Crippen LogP contribution < -0.4 is 16.4 Å². The Morgan fingerprint density at radius 2 is 1.88 bits per heavy atom. The van der Waals surface area contributed by atoms with Crippen LogP contribution in [-0.2, 0) is 9.53 Å². The van der Waals surface area contributed by atoms with Gasteiger partial charge in [-0.25, -0.2) is 0 Å². The van der Waals surface area contributed by atoms with Crippen molar-refractivity contribution in [2.75, 3.05) is 13.2 Å². The van der Waals surface area contributed by atoms with Gasteiger partial charge >= 0.3 is 0 Å². The van der Waals surface area contributed by atoms with E-state index < -0.39 is 75.2 Å². The minimum atomic E-state index is -1.65. The normalized spacial score (nSPS) is 47.7. The number of ether oxygens (including phenoxy) is 1. The van der Waals surface area contributed by atoms with Gasteiger partial charge in [0.2, 0.25) is 0 Å². The van der Waals surface area contributed by atoms with Gasteiger partial charge in [0.15, 0.2) is 5.78 Å². The molecule has 11 nitrogen and oxygen atoms in total. The van der Waals surface area contributed by atoms with Gasteiger partial charge in [0.25, 0.3) is 0 Å².